The molecule has 1 atom stereocenters. The number of ether oxygens (including phenoxy) is 2. The Labute approximate surface area is 101 Å². The molecule has 0 aromatic rings. The van der Waals surface area contributed by atoms with Gasteiger partial charge in [-0.1, -0.05) is 20.8 Å². The van der Waals surface area contributed by atoms with Crippen molar-refractivity contribution >= 4 is 0 Å². The highest BCUT2D eigenvalue weighted by molar-refractivity contribution is 4.68. The molecule has 0 aliphatic heterocycles. The molecule has 0 heterocycles. The molecule has 0 spiro atoms. The number of methoxy groups -OCH3 is 1. The van der Waals surface area contributed by atoms with E-state index >= 15 is 0 Å². The molecule has 0 aromatic carbocycles. The Morgan fingerprint density at radius 2 is 1.88 bits per heavy atom. The molecule has 1 unspecified atom stereocenters. The first-order valence-electron chi connectivity index (χ1n) is 6.31. The van der Waals surface area contributed by atoms with Crippen molar-refractivity contribution in [2.45, 2.75) is 65.2 Å². The topological polar surface area (TPSA) is 30.5 Å². The Kier molecular flexibility index (Phi) is 7.98. The third-order valence-corrected chi connectivity index (χ3v) is 2.82. The van der Waals surface area contributed by atoms with Gasteiger partial charge in [0.25, 0.3) is 0 Å². The van der Waals surface area contributed by atoms with E-state index in [1.165, 1.54) is 0 Å². The van der Waals surface area contributed by atoms with Gasteiger partial charge in [0.1, 0.15) is 0 Å². The van der Waals surface area contributed by atoms with Crippen molar-refractivity contribution in [3.63, 3.8) is 0 Å². The first-order chi connectivity index (χ1) is 7.41. The SMILES string of the molecule is CCC(CNC(C)C)OCCC(C)(C)OC. The van der Waals surface area contributed by atoms with Gasteiger partial charge in [0.2, 0.25) is 0 Å². The molecular weight excluding hydrogens is 202 g/mol. The lowest BCUT2D eigenvalue weighted by atomic mass is 10.1. The zero-order valence-corrected chi connectivity index (χ0v) is 11.8. The quantitative estimate of drug-likeness (QED) is 0.661. The number of rotatable bonds is 9. The maximum atomic E-state index is 5.84. The summed E-state index contributed by atoms with van der Waals surface area (Å²) < 4.78 is 11.2. The summed E-state index contributed by atoms with van der Waals surface area (Å²) in [6.07, 6.45) is 2.30. The summed E-state index contributed by atoms with van der Waals surface area (Å²) in [7, 11) is 1.75. The van der Waals surface area contributed by atoms with E-state index in [0.29, 0.717) is 12.1 Å². The van der Waals surface area contributed by atoms with Crippen molar-refractivity contribution in [2.75, 3.05) is 20.3 Å². The van der Waals surface area contributed by atoms with Crippen LogP contribution < -0.4 is 5.32 Å². The average Bonchev–Trinajstić information content (AvgIpc) is 2.22. The van der Waals surface area contributed by atoms with Gasteiger partial charge in [-0.05, 0) is 26.7 Å². The molecule has 16 heavy (non-hydrogen) atoms. The van der Waals surface area contributed by atoms with Gasteiger partial charge in [0.15, 0.2) is 0 Å². The molecule has 0 saturated carbocycles. The summed E-state index contributed by atoms with van der Waals surface area (Å²) in [4.78, 5) is 0. The maximum Gasteiger partial charge on any atom is 0.0696 e. The van der Waals surface area contributed by atoms with Crippen molar-refractivity contribution in [1.82, 2.24) is 5.32 Å². The van der Waals surface area contributed by atoms with Gasteiger partial charge in [-0.25, -0.2) is 0 Å². The molecular formula is C13H29NO2. The van der Waals surface area contributed by atoms with E-state index in [-0.39, 0.29) is 5.60 Å². The van der Waals surface area contributed by atoms with Gasteiger partial charge in [-0.3, -0.25) is 0 Å². The number of nitrogens with one attached hydrogen (secondary N) is 1. The highest BCUT2D eigenvalue weighted by Gasteiger charge is 2.17. The van der Waals surface area contributed by atoms with Crippen LogP contribution in [0.15, 0.2) is 0 Å². The van der Waals surface area contributed by atoms with Crippen molar-refractivity contribution in [2.24, 2.45) is 0 Å². The van der Waals surface area contributed by atoms with Gasteiger partial charge in [0.05, 0.1) is 11.7 Å². The van der Waals surface area contributed by atoms with Crippen LogP contribution in [0.1, 0.15) is 47.5 Å². The van der Waals surface area contributed by atoms with E-state index in [2.05, 4.69) is 39.9 Å². The van der Waals surface area contributed by atoms with E-state index in [4.69, 9.17) is 9.47 Å². The molecule has 98 valence electrons. The first kappa shape index (κ1) is 15.9. The Balaban J connectivity index is 3.70. The first-order valence-corrected chi connectivity index (χ1v) is 6.31. The van der Waals surface area contributed by atoms with Crippen LogP contribution in [0.3, 0.4) is 0 Å². The second kappa shape index (κ2) is 8.04. The monoisotopic (exact) mass is 231 g/mol. The standard InChI is InChI=1S/C13H29NO2/c1-7-12(10-14-11(2)3)16-9-8-13(4,5)15-6/h11-12,14H,7-10H2,1-6H3. The summed E-state index contributed by atoms with van der Waals surface area (Å²) in [5, 5.41) is 3.40. The lowest BCUT2D eigenvalue weighted by molar-refractivity contribution is -0.0273. The van der Waals surface area contributed by atoms with Gasteiger partial charge < -0.3 is 14.8 Å². The van der Waals surface area contributed by atoms with Gasteiger partial charge in [-0.15, -0.1) is 0 Å². The molecule has 0 amide bonds. The summed E-state index contributed by atoms with van der Waals surface area (Å²) in [5.74, 6) is 0. The Bertz CT molecular complexity index is 169. The fourth-order valence-electron chi connectivity index (χ4n) is 1.26. The van der Waals surface area contributed by atoms with Crippen LogP contribution in [0.5, 0.6) is 0 Å². The van der Waals surface area contributed by atoms with E-state index in [0.717, 1.165) is 26.0 Å². The lowest BCUT2D eigenvalue weighted by Gasteiger charge is -2.25. The van der Waals surface area contributed by atoms with Crippen molar-refractivity contribution in [1.29, 1.82) is 0 Å². The fourth-order valence-corrected chi connectivity index (χ4v) is 1.26. The van der Waals surface area contributed by atoms with Crippen molar-refractivity contribution in [3.05, 3.63) is 0 Å². The third-order valence-electron chi connectivity index (χ3n) is 2.82. The molecule has 0 aliphatic rings. The second-order valence-corrected chi connectivity index (χ2v) is 5.18. The molecule has 0 aliphatic carbocycles. The lowest BCUT2D eigenvalue weighted by Crippen LogP contribution is -2.34. The smallest absolute Gasteiger partial charge is 0.0696 e. The zero-order chi connectivity index (χ0) is 12.6. The van der Waals surface area contributed by atoms with E-state index in [9.17, 15) is 0 Å². The molecule has 0 fully saturated rings. The van der Waals surface area contributed by atoms with Crippen LogP contribution in [0.2, 0.25) is 0 Å². The Hall–Kier alpha value is -0.120. The maximum absolute atomic E-state index is 5.84. The highest BCUT2D eigenvalue weighted by atomic mass is 16.5. The van der Waals surface area contributed by atoms with E-state index in [1.807, 2.05) is 0 Å². The van der Waals surface area contributed by atoms with Gasteiger partial charge in [-0.2, -0.15) is 0 Å². The Morgan fingerprint density at radius 3 is 2.31 bits per heavy atom. The highest BCUT2D eigenvalue weighted by Crippen LogP contribution is 2.13. The molecule has 1 N–H and O–H groups in total. The molecule has 0 rings (SSSR count). The van der Waals surface area contributed by atoms with Crippen molar-refractivity contribution < 1.29 is 9.47 Å². The van der Waals surface area contributed by atoms with Crippen LogP contribution in [0, 0.1) is 0 Å². The largest absolute Gasteiger partial charge is 0.379 e. The van der Waals surface area contributed by atoms with Crippen LogP contribution in [-0.4, -0.2) is 38.0 Å². The summed E-state index contributed by atoms with van der Waals surface area (Å²) >= 11 is 0. The fraction of sp³-hybridized carbons (Fsp3) is 1.00. The molecule has 0 bridgehead atoms. The van der Waals surface area contributed by atoms with Gasteiger partial charge >= 0.3 is 0 Å². The van der Waals surface area contributed by atoms with Crippen LogP contribution in [-0.2, 0) is 9.47 Å². The molecule has 3 nitrogen and oxygen atoms in total. The zero-order valence-electron chi connectivity index (χ0n) is 11.8. The number of hydrogen-bond donors (Lipinski definition) is 1. The minimum Gasteiger partial charge on any atom is -0.379 e. The minimum absolute atomic E-state index is 0.0796. The number of hydrogen-bond acceptors (Lipinski definition) is 3. The van der Waals surface area contributed by atoms with Crippen molar-refractivity contribution in [3.8, 4) is 0 Å². The van der Waals surface area contributed by atoms with Crippen LogP contribution in [0.25, 0.3) is 0 Å². The predicted octanol–water partition coefficient (Wildman–Crippen LogP) is 2.59. The average molecular weight is 231 g/mol. The molecule has 0 saturated heterocycles. The minimum atomic E-state index is -0.0796. The third kappa shape index (κ3) is 8.08. The van der Waals surface area contributed by atoms with E-state index in [1.54, 1.807) is 7.11 Å². The van der Waals surface area contributed by atoms with Crippen LogP contribution >= 0.6 is 0 Å². The Morgan fingerprint density at radius 1 is 1.25 bits per heavy atom. The summed E-state index contributed by atoms with van der Waals surface area (Å²) in [6, 6.07) is 0.521. The predicted molar refractivity (Wildman–Crippen MR) is 68.9 cm³/mol. The summed E-state index contributed by atoms with van der Waals surface area (Å²) in [5.41, 5.74) is -0.0796. The molecule has 0 radical (unpaired) electrons. The van der Waals surface area contributed by atoms with Crippen LogP contribution in [0.4, 0.5) is 0 Å². The second-order valence-electron chi connectivity index (χ2n) is 5.18. The summed E-state index contributed by atoms with van der Waals surface area (Å²) in [6.45, 7) is 12.3. The molecule has 0 aromatic heterocycles. The van der Waals surface area contributed by atoms with E-state index < -0.39 is 0 Å². The van der Waals surface area contributed by atoms with Gasteiger partial charge in [0, 0.05) is 26.3 Å². The molecule has 3 heteroatoms. The normalized spacial score (nSPS) is 14.4.